The van der Waals surface area contributed by atoms with Crippen LogP contribution in [-0.2, 0) is 6.42 Å². The van der Waals surface area contributed by atoms with Gasteiger partial charge in [0.05, 0.1) is 10.2 Å². The number of H-pyrrole nitrogens is 1. The number of nitrogens with zero attached hydrogens (tertiary/aromatic N) is 2. The Bertz CT molecular complexity index is 432. The molecule has 0 aliphatic carbocycles. The Morgan fingerprint density at radius 1 is 1.65 bits per heavy atom. The molecule has 1 aromatic rings. The first-order valence-corrected chi connectivity index (χ1v) is 6.94. The Balaban J connectivity index is 2.00. The molecule has 1 N–H and O–H groups in total. The minimum Gasteiger partial charge on any atom is -0.303 e. The fourth-order valence-corrected chi connectivity index (χ4v) is 2.78. The molecule has 1 fully saturated rings. The highest BCUT2D eigenvalue weighted by molar-refractivity contribution is 9.10. The largest absolute Gasteiger partial charge is 0.303 e. The highest BCUT2D eigenvalue weighted by atomic mass is 79.9. The third kappa shape index (κ3) is 3.39. The monoisotopic (exact) mass is 299 g/mol. The molecule has 0 bridgehead atoms. The lowest BCUT2D eigenvalue weighted by atomic mass is 9.93. The molecule has 0 spiro atoms. The van der Waals surface area contributed by atoms with E-state index in [4.69, 9.17) is 0 Å². The molecule has 1 aliphatic rings. The summed E-state index contributed by atoms with van der Waals surface area (Å²) >= 11 is 3.24. The first-order chi connectivity index (χ1) is 8.19. The van der Waals surface area contributed by atoms with Crippen LogP contribution in [0.1, 0.15) is 25.5 Å². The Hall–Kier alpha value is -0.680. The van der Waals surface area contributed by atoms with Gasteiger partial charge >= 0.3 is 0 Å². The van der Waals surface area contributed by atoms with Crippen LogP contribution < -0.4 is 5.56 Å². The summed E-state index contributed by atoms with van der Waals surface area (Å²) in [6.45, 7) is 5.70. The van der Waals surface area contributed by atoms with Gasteiger partial charge in [0.1, 0.15) is 0 Å². The Labute approximate surface area is 110 Å². The topological polar surface area (TPSA) is 49.0 Å². The molecule has 1 atom stereocenters. The normalized spacial score (nSPS) is 21.6. The van der Waals surface area contributed by atoms with E-state index in [1.54, 1.807) is 0 Å². The van der Waals surface area contributed by atoms with Crippen LogP contribution in [0.15, 0.2) is 15.3 Å². The molecule has 0 saturated carbocycles. The summed E-state index contributed by atoms with van der Waals surface area (Å²) in [6, 6.07) is 1.84. The lowest BCUT2D eigenvalue weighted by Gasteiger charge is -2.31. The molecule has 1 aliphatic heterocycles. The minimum atomic E-state index is -0.160. The fraction of sp³-hybridized carbons (Fsp3) is 0.667. The van der Waals surface area contributed by atoms with E-state index >= 15 is 0 Å². The van der Waals surface area contributed by atoms with Crippen LogP contribution >= 0.6 is 15.9 Å². The van der Waals surface area contributed by atoms with Crippen molar-refractivity contribution >= 4 is 15.9 Å². The number of aromatic nitrogens is 2. The van der Waals surface area contributed by atoms with Crippen molar-refractivity contribution in [1.82, 2.24) is 15.1 Å². The van der Waals surface area contributed by atoms with Gasteiger partial charge in [-0.05, 0) is 60.3 Å². The highest BCUT2D eigenvalue weighted by Gasteiger charge is 2.19. The second-order valence-electron chi connectivity index (χ2n) is 4.64. The van der Waals surface area contributed by atoms with Crippen molar-refractivity contribution in [3.05, 3.63) is 26.6 Å². The number of rotatable bonds is 3. The predicted octanol–water partition coefficient (Wildman–Crippen LogP) is 1.81. The molecule has 0 radical (unpaired) electrons. The van der Waals surface area contributed by atoms with Gasteiger partial charge in [0.15, 0.2) is 0 Å². The molecule has 4 nitrogen and oxygen atoms in total. The SMILES string of the molecule is CCN1CCCC(Cc2cc(Br)c(=O)[nH]n2)C1. The van der Waals surface area contributed by atoms with Crippen molar-refractivity contribution in [2.75, 3.05) is 19.6 Å². The van der Waals surface area contributed by atoms with Gasteiger partial charge in [0, 0.05) is 6.54 Å². The summed E-state index contributed by atoms with van der Waals surface area (Å²) in [6.07, 6.45) is 3.48. The van der Waals surface area contributed by atoms with E-state index in [1.165, 1.54) is 19.4 Å². The van der Waals surface area contributed by atoms with Gasteiger partial charge in [-0.15, -0.1) is 0 Å². The summed E-state index contributed by atoms with van der Waals surface area (Å²) in [4.78, 5) is 13.7. The summed E-state index contributed by atoms with van der Waals surface area (Å²) < 4.78 is 0.575. The summed E-state index contributed by atoms with van der Waals surface area (Å²) in [7, 11) is 0. The summed E-state index contributed by atoms with van der Waals surface area (Å²) in [5.41, 5.74) is 0.812. The Kier molecular flexibility index (Phi) is 4.34. The van der Waals surface area contributed by atoms with Crippen LogP contribution in [0.3, 0.4) is 0 Å². The first kappa shape index (κ1) is 12.8. The average molecular weight is 300 g/mol. The van der Waals surface area contributed by atoms with Gasteiger partial charge in [-0.25, -0.2) is 5.10 Å². The molecular formula is C12H18BrN3O. The van der Waals surface area contributed by atoms with Gasteiger partial charge in [0.25, 0.3) is 5.56 Å². The predicted molar refractivity (Wildman–Crippen MR) is 71.1 cm³/mol. The molecule has 1 unspecified atom stereocenters. The van der Waals surface area contributed by atoms with E-state index in [-0.39, 0.29) is 5.56 Å². The zero-order valence-electron chi connectivity index (χ0n) is 10.1. The lowest BCUT2D eigenvalue weighted by Crippen LogP contribution is -2.36. The van der Waals surface area contributed by atoms with Crippen LogP contribution in [0.5, 0.6) is 0 Å². The maximum atomic E-state index is 11.2. The third-order valence-corrected chi connectivity index (χ3v) is 3.95. The maximum Gasteiger partial charge on any atom is 0.278 e. The number of nitrogens with one attached hydrogen (secondary N) is 1. The van der Waals surface area contributed by atoms with Crippen molar-refractivity contribution < 1.29 is 0 Å². The van der Waals surface area contributed by atoms with Gasteiger partial charge < -0.3 is 4.90 Å². The Morgan fingerprint density at radius 3 is 3.18 bits per heavy atom. The van der Waals surface area contributed by atoms with E-state index in [9.17, 15) is 4.79 Å². The van der Waals surface area contributed by atoms with Crippen LogP contribution in [0.25, 0.3) is 0 Å². The minimum absolute atomic E-state index is 0.160. The molecule has 1 saturated heterocycles. The van der Waals surface area contributed by atoms with Crippen molar-refractivity contribution in [2.24, 2.45) is 5.92 Å². The molecule has 2 rings (SSSR count). The van der Waals surface area contributed by atoms with Gasteiger partial charge in [0.2, 0.25) is 0 Å². The van der Waals surface area contributed by atoms with Crippen molar-refractivity contribution in [3.8, 4) is 0 Å². The molecule has 1 aromatic heterocycles. The summed E-state index contributed by atoms with van der Waals surface area (Å²) in [5, 5.41) is 6.61. The quantitative estimate of drug-likeness (QED) is 0.926. The molecular weight excluding hydrogens is 282 g/mol. The molecule has 17 heavy (non-hydrogen) atoms. The zero-order valence-corrected chi connectivity index (χ0v) is 11.7. The lowest BCUT2D eigenvalue weighted by molar-refractivity contribution is 0.181. The van der Waals surface area contributed by atoms with E-state index < -0.39 is 0 Å². The van der Waals surface area contributed by atoms with Crippen LogP contribution in [-0.4, -0.2) is 34.7 Å². The number of hydrogen-bond donors (Lipinski definition) is 1. The van der Waals surface area contributed by atoms with Crippen molar-refractivity contribution in [2.45, 2.75) is 26.2 Å². The van der Waals surface area contributed by atoms with E-state index in [2.05, 4.69) is 38.0 Å². The third-order valence-electron chi connectivity index (χ3n) is 3.36. The number of halogens is 1. The van der Waals surface area contributed by atoms with Gasteiger partial charge in [-0.3, -0.25) is 4.79 Å². The molecule has 5 heteroatoms. The molecule has 0 amide bonds. The number of aromatic amines is 1. The van der Waals surface area contributed by atoms with Gasteiger partial charge in [-0.1, -0.05) is 6.92 Å². The average Bonchev–Trinajstić information content (AvgIpc) is 2.34. The van der Waals surface area contributed by atoms with Crippen LogP contribution in [0.4, 0.5) is 0 Å². The standard InChI is InChI=1S/C12H18BrN3O/c1-2-16-5-3-4-9(8-16)6-10-7-11(13)12(17)15-14-10/h7,9H,2-6,8H2,1H3,(H,15,17). The zero-order chi connectivity index (χ0) is 12.3. The molecule has 94 valence electrons. The van der Waals surface area contributed by atoms with E-state index in [1.807, 2.05) is 6.07 Å². The number of hydrogen-bond acceptors (Lipinski definition) is 3. The second kappa shape index (κ2) is 5.78. The fourth-order valence-electron chi connectivity index (χ4n) is 2.43. The van der Waals surface area contributed by atoms with Gasteiger partial charge in [-0.2, -0.15) is 5.10 Å². The first-order valence-electron chi connectivity index (χ1n) is 6.15. The van der Waals surface area contributed by atoms with Crippen LogP contribution in [0, 0.1) is 5.92 Å². The molecule has 0 aromatic carbocycles. The highest BCUT2D eigenvalue weighted by Crippen LogP contribution is 2.20. The maximum absolute atomic E-state index is 11.2. The number of piperidine rings is 1. The van der Waals surface area contributed by atoms with Crippen LogP contribution in [0.2, 0.25) is 0 Å². The van der Waals surface area contributed by atoms with Crippen molar-refractivity contribution in [1.29, 1.82) is 0 Å². The van der Waals surface area contributed by atoms with E-state index in [0.717, 1.165) is 25.2 Å². The summed E-state index contributed by atoms with van der Waals surface area (Å²) in [5.74, 6) is 0.661. The molecule has 2 heterocycles. The number of likely N-dealkylation sites (tertiary alicyclic amines) is 1. The van der Waals surface area contributed by atoms with E-state index in [0.29, 0.717) is 10.4 Å². The Morgan fingerprint density at radius 2 is 2.47 bits per heavy atom. The smallest absolute Gasteiger partial charge is 0.278 e. The second-order valence-corrected chi connectivity index (χ2v) is 5.50. The van der Waals surface area contributed by atoms with Crippen molar-refractivity contribution in [3.63, 3.8) is 0 Å².